The largest absolute Gasteiger partial charge is 0.378 e. The molecule has 3 aromatic rings. The maximum Gasteiger partial charge on any atom is 0.151 e. The Morgan fingerprint density at radius 3 is 2.71 bits per heavy atom. The van der Waals surface area contributed by atoms with Crippen LogP contribution in [0.25, 0.3) is 0 Å². The molecule has 1 atom stereocenters. The Labute approximate surface area is 183 Å². The molecule has 1 aliphatic heterocycles. The lowest BCUT2D eigenvalue weighted by Crippen LogP contribution is -2.37. The number of nitrogens with zero attached hydrogens (tertiary/aromatic N) is 5. The van der Waals surface area contributed by atoms with Crippen molar-refractivity contribution in [2.24, 2.45) is 0 Å². The molecule has 0 aliphatic carbocycles. The van der Waals surface area contributed by atoms with Crippen LogP contribution in [0.1, 0.15) is 22.5 Å². The van der Waals surface area contributed by atoms with Crippen molar-refractivity contribution in [1.82, 2.24) is 19.9 Å². The molecule has 0 bridgehead atoms. The molecule has 158 valence electrons. The summed E-state index contributed by atoms with van der Waals surface area (Å²) in [5.74, 6) is 7.19. The van der Waals surface area contributed by atoms with Gasteiger partial charge in [0.2, 0.25) is 0 Å². The standard InChI is InChI=1S/C22H22N6O2S/c1-16-20(22(26-15-25-16)28-8-10-30-11-9-28)6-5-18-12-21(17(2)24-13-18)27-31(29)19-4-3-7-23-14-19/h3-4,7,12-15,27H,8-11H2,1-2H3. The average Bonchev–Trinajstić information content (AvgIpc) is 2.81. The summed E-state index contributed by atoms with van der Waals surface area (Å²) in [6.07, 6.45) is 6.48. The molecule has 1 aliphatic rings. The van der Waals surface area contributed by atoms with E-state index in [2.05, 4.69) is 41.4 Å². The summed E-state index contributed by atoms with van der Waals surface area (Å²) < 4.78 is 21.0. The lowest BCUT2D eigenvalue weighted by atomic mass is 10.1. The zero-order valence-corrected chi connectivity index (χ0v) is 18.1. The number of morpholine rings is 1. The normalized spacial score (nSPS) is 14.5. The third-order valence-corrected chi connectivity index (χ3v) is 5.87. The van der Waals surface area contributed by atoms with Crippen LogP contribution in [-0.4, -0.2) is 50.4 Å². The quantitative estimate of drug-likeness (QED) is 0.630. The molecule has 3 aromatic heterocycles. The number of aryl methyl sites for hydroxylation is 2. The van der Waals surface area contributed by atoms with Crippen LogP contribution < -0.4 is 9.62 Å². The van der Waals surface area contributed by atoms with Gasteiger partial charge in [-0.05, 0) is 32.0 Å². The van der Waals surface area contributed by atoms with E-state index in [0.717, 1.165) is 35.9 Å². The number of nitrogens with one attached hydrogen (secondary N) is 1. The Kier molecular flexibility index (Phi) is 6.50. The van der Waals surface area contributed by atoms with Gasteiger partial charge in [-0.2, -0.15) is 0 Å². The fraction of sp³-hybridized carbons (Fsp3) is 0.273. The Morgan fingerprint density at radius 2 is 1.94 bits per heavy atom. The number of hydrogen-bond acceptors (Lipinski definition) is 7. The highest BCUT2D eigenvalue weighted by Crippen LogP contribution is 2.21. The molecule has 31 heavy (non-hydrogen) atoms. The first-order valence-electron chi connectivity index (χ1n) is 9.83. The highest BCUT2D eigenvalue weighted by atomic mass is 32.2. The van der Waals surface area contributed by atoms with Gasteiger partial charge in [-0.25, -0.2) is 14.2 Å². The molecular weight excluding hydrogens is 412 g/mol. The summed E-state index contributed by atoms with van der Waals surface area (Å²) in [5.41, 5.74) is 3.70. The van der Waals surface area contributed by atoms with Crippen molar-refractivity contribution in [2.45, 2.75) is 18.7 Å². The highest BCUT2D eigenvalue weighted by molar-refractivity contribution is 7.86. The minimum atomic E-state index is -1.44. The van der Waals surface area contributed by atoms with Gasteiger partial charge in [0.1, 0.15) is 12.1 Å². The molecule has 0 saturated carbocycles. The average molecular weight is 435 g/mol. The zero-order valence-electron chi connectivity index (χ0n) is 17.3. The summed E-state index contributed by atoms with van der Waals surface area (Å²) in [6.45, 7) is 6.65. The van der Waals surface area contributed by atoms with Gasteiger partial charge in [0, 0.05) is 37.2 Å². The van der Waals surface area contributed by atoms with Gasteiger partial charge in [-0.1, -0.05) is 11.8 Å². The number of pyridine rings is 2. The van der Waals surface area contributed by atoms with E-state index >= 15 is 0 Å². The molecular formula is C22H22N6O2S. The van der Waals surface area contributed by atoms with E-state index < -0.39 is 11.0 Å². The Morgan fingerprint density at radius 1 is 1.10 bits per heavy atom. The zero-order chi connectivity index (χ0) is 21.6. The van der Waals surface area contributed by atoms with E-state index in [1.54, 1.807) is 37.1 Å². The van der Waals surface area contributed by atoms with Crippen LogP contribution in [-0.2, 0) is 15.7 Å². The first kappa shape index (κ1) is 20.9. The van der Waals surface area contributed by atoms with Crippen molar-refractivity contribution in [3.05, 3.63) is 65.6 Å². The molecule has 1 N–H and O–H groups in total. The van der Waals surface area contributed by atoms with E-state index in [0.29, 0.717) is 29.4 Å². The fourth-order valence-corrected chi connectivity index (χ4v) is 3.96. The molecule has 4 heterocycles. The minimum absolute atomic E-state index is 0.589. The summed E-state index contributed by atoms with van der Waals surface area (Å²) in [4.78, 5) is 19.9. The molecule has 8 nitrogen and oxygen atoms in total. The van der Waals surface area contributed by atoms with Crippen molar-refractivity contribution in [3.8, 4) is 11.8 Å². The molecule has 4 rings (SSSR count). The third-order valence-electron chi connectivity index (χ3n) is 4.80. The predicted octanol–water partition coefficient (Wildman–Crippen LogP) is 2.25. The van der Waals surface area contributed by atoms with Gasteiger partial charge < -0.3 is 9.64 Å². The van der Waals surface area contributed by atoms with E-state index in [9.17, 15) is 4.21 Å². The second-order valence-electron chi connectivity index (χ2n) is 6.92. The third kappa shape index (κ3) is 5.05. The van der Waals surface area contributed by atoms with Gasteiger partial charge in [0.25, 0.3) is 0 Å². The number of rotatable bonds is 4. The molecule has 1 saturated heterocycles. The Hall–Kier alpha value is -3.35. The van der Waals surface area contributed by atoms with Crippen molar-refractivity contribution in [3.63, 3.8) is 0 Å². The SMILES string of the molecule is Cc1ncc(C#Cc2c(C)ncnc2N2CCOCC2)cc1NS(=O)c1cccnc1. The van der Waals surface area contributed by atoms with Crippen LogP contribution in [0, 0.1) is 25.7 Å². The van der Waals surface area contributed by atoms with Crippen molar-refractivity contribution >= 4 is 22.5 Å². The van der Waals surface area contributed by atoms with Crippen LogP contribution in [0.4, 0.5) is 11.5 Å². The number of ether oxygens (including phenoxy) is 1. The van der Waals surface area contributed by atoms with Gasteiger partial charge in [-0.3, -0.25) is 14.7 Å². The lowest BCUT2D eigenvalue weighted by molar-refractivity contribution is 0.122. The molecule has 0 spiro atoms. The molecule has 0 radical (unpaired) electrons. The highest BCUT2D eigenvalue weighted by Gasteiger charge is 2.17. The molecule has 0 aromatic carbocycles. The van der Waals surface area contributed by atoms with E-state index in [4.69, 9.17) is 4.74 Å². The molecule has 1 fully saturated rings. The van der Waals surface area contributed by atoms with Gasteiger partial charge in [-0.15, -0.1) is 0 Å². The summed E-state index contributed by atoms with van der Waals surface area (Å²) in [5, 5.41) is 0. The minimum Gasteiger partial charge on any atom is -0.378 e. The second-order valence-corrected chi connectivity index (χ2v) is 8.14. The van der Waals surface area contributed by atoms with Gasteiger partial charge in [0.05, 0.1) is 40.7 Å². The summed E-state index contributed by atoms with van der Waals surface area (Å²) >= 11 is 0. The lowest BCUT2D eigenvalue weighted by Gasteiger charge is -2.28. The summed E-state index contributed by atoms with van der Waals surface area (Å²) in [7, 11) is -1.44. The fourth-order valence-electron chi connectivity index (χ4n) is 3.08. The summed E-state index contributed by atoms with van der Waals surface area (Å²) in [6, 6.07) is 5.35. The second kappa shape index (κ2) is 9.64. The predicted molar refractivity (Wildman–Crippen MR) is 119 cm³/mol. The van der Waals surface area contributed by atoms with Gasteiger partial charge in [0.15, 0.2) is 11.0 Å². The molecule has 1 unspecified atom stereocenters. The number of hydrogen-bond donors (Lipinski definition) is 1. The van der Waals surface area contributed by atoms with E-state index in [1.165, 1.54) is 0 Å². The van der Waals surface area contributed by atoms with E-state index in [1.807, 2.05) is 19.9 Å². The van der Waals surface area contributed by atoms with Gasteiger partial charge >= 0.3 is 0 Å². The van der Waals surface area contributed by atoms with Crippen LogP contribution in [0.2, 0.25) is 0 Å². The maximum atomic E-state index is 12.6. The smallest absolute Gasteiger partial charge is 0.151 e. The van der Waals surface area contributed by atoms with Crippen molar-refractivity contribution in [2.75, 3.05) is 35.9 Å². The van der Waals surface area contributed by atoms with Crippen LogP contribution >= 0.6 is 0 Å². The molecule has 0 amide bonds. The number of aromatic nitrogens is 4. The number of anilines is 2. The first-order chi connectivity index (χ1) is 15.1. The maximum absolute atomic E-state index is 12.6. The monoisotopic (exact) mass is 434 g/mol. The van der Waals surface area contributed by atoms with Crippen LogP contribution in [0.3, 0.4) is 0 Å². The van der Waals surface area contributed by atoms with Crippen molar-refractivity contribution in [1.29, 1.82) is 0 Å². The van der Waals surface area contributed by atoms with E-state index in [-0.39, 0.29) is 0 Å². The van der Waals surface area contributed by atoms with Crippen LogP contribution in [0.5, 0.6) is 0 Å². The Bertz CT molecular complexity index is 1150. The van der Waals surface area contributed by atoms with Crippen LogP contribution in [0.15, 0.2) is 48.0 Å². The van der Waals surface area contributed by atoms with Crippen molar-refractivity contribution < 1.29 is 8.95 Å². The molecule has 9 heteroatoms. The Balaban J connectivity index is 1.60. The first-order valence-corrected chi connectivity index (χ1v) is 11.0. The topological polar surface area (TPSA) is 93.1 Å².